The summed E-state index contributed by atoms with van der Waals surface area (Å²) in [5.74, 6) is 3.41. The Morgan fingerprint density at radius 2 is 1.39 bits per heavy atom. The maximum atomic E-state index is 2.43. The van der Waals surface area contributed by atoms with Crippen LogP contribution in [0.25, 0.3) is 0 Å². The fraction of sp³-hybridized carbons (Fsp3) is 0.667. The number of hydrogen-bond acceptors (Lipinski definition) is 0. The summed E-state index contributed by atoms with van der Waals surface area (Å²) in [6, 6.07) is 7.06. The van der Waals surface area contributed by atoms with E-state index in [2.05, 4.69) is 52.8 Å². The normalized spacial score (nSPS) is 30.2. The van der Waals surface area contributed by atoms with E-state index in [-0.39, 0.29) is 0 Å². The molecular formula is C18H28. The highest BCUT2D eigenvalue weighted by molar-refractivity contribution is 5.31. The van der Waals surface area contributed by atoms with Crippen molar-refractivity contribution < 1.29 is 0 Å². The summed E-state index contributed by atoms with van der Waals surface area (Å²) >= 11 is 0. The predicted octanol–water partition coefficient (Wildman–Crippen LogP) is 5.48. The van der Waals surface area contributed by atoms with Gasteiger partial charge in [-0.3, -0.25) is 0 Å². The average Bonchev–Trinajstić information content (AvgIpc) is 2.25. The van der Waals surface area contributed by atoms with Crippen molar-refractivity contribution in [2.24, 2.45) is 17.8 Å². The van der Waals surface area contributed by atoms with E-state index in [4.69, 9.17) is 0 Å². The van der Waals surface area contributed by atoms with Crippen molar-refractivity contribution in [3.63, 3.8) is 0 Å². The van der Waals surface area contributed by atoms with Gasteiger partial charge in [-0.25, -0.2) is 0 Å². The minimum atomic E-state index is 0.716. The molecule has 18 heavy (non-hydrogen) atoms. The lowest BCUT2D eigenvalue weighted by Gasteiger charge is -2.35. The van der Waals surface area contributed by atoms with Crippen molar-refractivity contribution in [1.29, 1.82) is 0 Å². The van der Waals surface area contributed by atoms with Crippen LogP contribution in [0.2, 0.25) is 0 Å². The van der Waals surface area contributed by atoms with E-state index in [1.165, 1.54) is 30.4 Å². The summed E-state index contributed by atoms with van der Waals surface area (Å²) in [5.41, 5.74) is 4.38. The van der Waals surface area contributed by atoms with Gasteiger partial charge in [0.15, 0.2) is 0 Å². The molecule has 0 N–H and O–H groups in total. The van der Waals surface area contributed by atoms with E-state index in [1.807, 2.05) is 0 Å². The molecule has 1 aliphatic rings. The molecule has 1 aromatic rings. The van der Waals surface area contributed by atoms with Gasteiger partial charge in [0.2, 0.25) is 0 Å². The first-order valence-electron chi connectivity index (χ1n) is 7.54. The highest BCUT2D eigenvalue weighted by Crippen LogP contribution is 2.40. The molecule has 0 nitrogen and oxygen atoms in total. The van der Waals surface area contributed by atoms with Gasteiger partial charge in [-0.1, -0.05) is 50.1 Å². The lowest BCUT2D eigenvalue weighted by Crippen LogP contribution is -2.23. The minimum Gasteiger partial charge on any atom is -0.0625 e. The Balaban J connectivity index is 2.17. The van der Waals surface area contributed by atoms with Crippen molar-refractivity contribution >= 4 is 0 Å². The van der Waals surface area contributed by atoms with E-state index < -0.39 is 0 Å². The van der Waals surface area contributed by atoms with E-state index >= 15 is 0 Å². The monoisotopic (exact) mass is 244 g/mol. The molecule has 0 heterocycles. The van der Waals surface area contributed by atoms with Crippen molar-refractivity contribution in [3.8, 4) is 0 Å². The first kappa shape index (κ1) is 13.6. The van der Waals surface area contributed by atoms with Gasteiger partial charge in [-0.15, -0.1) is 0 Å². The van der Waals surface area contributed by atoms with Gasteiger partial charge >= 0.3 is 0 Å². The van der Waals surface area contributed by atoms with Crippen LogP contribution < -0.4 is 0 Å². The molecule has 0 bridgehead atoms. The summed E-state index contributed by atoms with van der Waals surface area (Å²) < 4.78 is 0. The fourth-order valence-corrected chi connectivity index (χ4v) is 3.96. The van der Waals surface area contributed by atoms with Crippen LogP contribution in [0.3, 0.4) is 0 Å². The predicted molar refractivity (Wildman–Crippen MR) is 80.0 cm³/mol. The summed E-state index contributed by atoms with van der Waals surface area (Å²) in [4.78, 5) is 0. The average molecular weight is 244 g/mol. The molecule has 0 saturated heterocycles. The first-order chi connectivity index (χ1) is 8.45. The molecule has 0 heteroatoms. The van der Waals surface area contributed by atoms with Crippen LogP contribution in [0.1, 0.15) is 62.6 Å². The second kappa shape index (κ2) is 5.47. The van der Waals surface area contributed by atoms with Gasteiger partial charge < -0.3 is 0 Å². The third-order valence-electron chi connectivity index (χ3n) is 4.69. The molecule has 100 valence electrons. The molecule has 1 aromatic carbocycles. The topological polar surface area (TPSA) is 0 Å². The largest absolute Gasteiger partial charge is 0.0625 e. The van der Waals surface area contributed by atoms with E-state index in [0.717, 1.165) is 17.8 Å². The van der Waals surface area contributed by atoms with Gasteiger partial charge in [0.05, 0.1) is 0 Å². The van der Waals surface area contributed by atoms with Crippen molar-refractivity contribution in [2.45, 2.75) is 59.8 Å². The molecule has 0 aromatic heterocycles. The zero-order chi connectivity index (χ0) is 13.3. The molecular weight excluding hydrogens is 216 g/mol. The number of benzene rings is 1. The molecule has 0 amide bonds. The summed E-state index contributed by atoms with van der Waals surface area (Å²) in [7, 11) is 0. The third-order valence-corrected chi connectivity index (χ3v) is 4.69. The molecule has 3 atom stereocenters. The number of rotatable bonds is 2. The zero-order valence-corrected chi connectivity index (χ0v) is 12.7. The van der Waals surface area contributed by atoms with Crippen molar-refractivity contribution in [3.05, 3.63) is 34.9 Å². The zero-order valence-electron chi connectivity index (χ0n) is 12.7. The molecule has 1 fully saturated rings. The van der Waals surface area contributed by atoms with Gasteiger partial charge in [0.1, 0.15) is 0 Å². The number of aryl methyl sites for hydroxylation is 2. The Kier molecular flexibility index (Phi) is 4.14. The smallest absolute Gasteiger partial charge is 0.0162 e. The van der Waals surface area contributed by atoms with Crippen LogP contribution in [0.15, 0.2) is 18.2 Å². The molecule has 0 radical (unpaired) electrons. The summed E-state index contributed by atoms with van der Waals surface area (Å²) in [5, 5.41) is 0. The van der Waals surface area contributed by atoms with Crippen molar-refractivity contribution in [1.82, 2.24) is 0 Å². The Morgan fingerprint density at radius 1 is 0.889 bits per heavy atom. The van der Waals surface area contributed by atoms with Gasteiger partial charge in [0, 0.05) is 0 Å². The van der Waals surface area contributed by atoms with E-state index in [1.54, 1.807) is 5.56 Å². The second-order valence-electron chi connectivity index (χ2n) is 6.89. The molecule has 0 aliphatic heterocycles. The van der Waals surface area contributed by atoms with Crippen LogP contribution >= 0.6 is 0 Å². The lowest BCUT2D eigenvalue weighted by molar-refractivity contribution is 0.197. The van der Waals surface area contributed by atoms with Crippen LogP contribution in [0, 0.1) is 31.6 Å². The van der Waals surface area contributed by atoms with Crippen LogP contribution in [-0.2, 0) is 0 Å². The molecule has 1 saturated carbocycles. The van der Waals surface area contributed by atoms with Crippen LogP contribution in [0.4, 0.5) is 0 Å². The second-order valence-corrected chi connectivity index (χ2v) is 6.89. The Morgan fingerprint density at radius 3 is 1.89 bits per heavy atom. The highest BCUT2D eigenvalue weighted by atomic mass is 14.3. The standard InChI is InChI=1S/C18H28/c1-12-6-13(2)9-17(8-12)16(5)18-10-14(3)7-15(4)11-18/h6,8-9,14-16,18H,7,10-11H2,1-5H3. The third kappa shape index (κ3) is 3.16. The van der Waals surface area contributed by atoms with E-state index in [9.17, 15) is 0 Å². The Labute approximate surface area is 113 Å². The first-order valence-corrected chi connectivity index (χ1v) is 7.54. The SMILES string of the molecule is Cc1cc(C)cc(C(C)C2CC(C)CC(C)C2)c1. The van der Waals surface area contributed by atoms with Crippen LogP contribution in [0.5, 0.6) is 0 Å². The Bertz CT molecular complexity index is 374. The lowest BCUT2D eigenvalue weighted by atomic mass is 9.70. The highest BCUT2D eigenvalue weighted by Gasteiger charge is 2.28. The minimum absolute atomic E-state index is 0.716. The maximum absolute atomic E-state index is 2.43. The fourth-order valence-electron chi connectivity index (χ4n) is 3.96. The van der Waals surface area contributed by atoms with E-state index in [0.29, 0.717) is 5.92 Å². The van der Waals surface area contributed by atoms with Crippen LogP contribution in [-0.4, -0.2) is 0 Å². The molecule has 0 spiro atoms. The van der Waals surface area contributed by atoms with Gasteiger partial charge in [-0.2, -0.15) is 0 Å². The van der Waals surface area contributed by atoms with Crippen molar-refractivity contribution in [2.75, 3.05) is 0 Å². The molecule has 2 rings (SSSR count). The summed E-state index contributed by atoms with van der Waals surface area (Å²) in [6.45, 7) is 11.7. The van der Waals surface area contributed by atoms with Gasteiger partial charge in [0.25, 0.3) is 0 Å². The quantitative estimate of drug-likeness (QED) is 0.646. The summed E-state index contributed by atoms with van der Waals surface area (Å²) in [6.07, 6.45) is 4.26. The molecule has 3 unspecified atom stereocenters. The Hall–Kier alpha value is -0.780. The maximum Gasteiger partial charge on any atom is -0.0162 e. The van der Waals surface area contributed by atoms with Gasteiger partial charge in [-0.05, 0) is 62.3 Å². The molecule has 1 aliphatic carbocycles. The number of hydrogen-bond donors (Lipinski definition) is 0.